The molecule has 0 aliphatic carbocycles. The van der Waals surface area contributed by atoms with Gasteiger partial charge >= 0.3 is 5.69 Å². The minimum Gasteiger partial charge on any atom is -0.394 e. The predicted molar refractivity (Wildman–Crippen MR) is 62.4 cm³/mol. The van der Waals surface area contributed by atoms with Crippen molar-refractivity contribution >= 4 is 12.2 Å². The van der Waals surface area contributed by atoms with Gasteiger partial charge in [0, 0.05) is 6.20 Å². The van der Waals surface area contributed by atoms with Crippen LogP contribution in [0.4, 0.5) is 4.39 Å². The van der Waals surface area contributed by atoms with Crippen molar-refractivity contribution in [3.05, 3.63) is 27.4 Å². The van der Waals surface area contributed by atoms with Gasteiger partial charge in [-0.05, 0) is 13.0 Å². The zero-order valence-corrected chi connectivity index (χ0v) is 10.4. The number of aromatic nitrogens is 2. The Morgan fingerprint density at radius 3 is 2.89 bits per heavy atom. The summed E-state index contributed by atoms with van der Waals surface area (Å²) in [7, 11) is 0. The van der Waals surface area contributed by atoms with E-state index >= 15 is 0 Å². The summed E-state index contributed by atoms with van der Waals surface area (Å²) in [5.74, 6) is 0. The van der Waals surface area contributed by atoms with E-state index in [1.807, 2.05) is 0 Å². The molecular formula is C10H13FN2O4S. The number of ether oxygens (including phenoxy) is 1. The standard InChI is InChI=1S/C10H13FN2O4S/c1-10(11)7(15)5(4-14)17-8(10)13-3-2-6(18)12-9(13)16/h2-3,5,7-8,14-15H,4H2,1H3,(H,12,16,18)/t5?,7-,8+,10?/m0/s1. The van der Waals surface area contributed by atoms with E-state index in [4.69, 9.17) is 22.1 Å². The summed E-state index contributed by atoms with van der Waals surface area (Å²) < 4.78 is 20.7. The first-order valence-electron chi connectivity index (χ1n) is 5.32. The summed E-state index contributed by atoms with van der Waals surface area (Å²) in [6.07, 6.45) is -2.61. The molecule has 2 heterocycles. The molecule has 2 unspecified atom stereocenters. The molecule has 1 aromatic rings. The SMILES string of the molecule is CC1(F)[C@@H](O)C(CO)O[C@H]1n1ccc(=S)[nH]c1=O. The third kappa shape index (κ3) is 2.01. The molecule has 0 radical (unpaired) electrons. The number of aliphatic hydroxyl groups excluding tert-OH is 2. The van der Waals surface area contributed by atoms with Crippen molar-refractivity contribution in [2.24, 2.45) is 0 Å². The van der Waals surface area contributed by atoms with Crippen LogP contribution in [0.25, 0.3) is 0 Å². The van der Waals surface area contributed by atoms with Gasteiger partial charge in [-0.2, -0.15) is 0 Å². The van der Waals surface area contributed by atoms with Crippen LogP contribution in [0.3, 0.4) is 0 Å². The minimum absolute atomic E-state index is 0.217. The quantitative estimate of drug-likeness (QED) is 0.656. The maximum Gasteiger partial charge on any atom is 0.328 e. The molecule has 1 saturated heterocycles. The molecule has 0 amide bonds. The van der Waals surface area contributed by atoms with Gasteiger partial charge in [0.25, 0.3) is 0 Å². The van der Waals surface area contributed by atoms with Gasteiger partial charge in [-0.15, -0.1) is 0 Å². The van der Waals surface area contributed by atoms with E-state index in [2.05, 4.69) is 4.98 Å². The molecule has 1 aliphatic heterocycles. The lowest BCUT2D eigenvalue weighted by atomic mass is 9.98. The van der Waals surface area contributed by atoms with Crippen LogP contribution in [-0.4, -0.2) is 44.2 Å². The first-order valence-corrected chi connectivity index (χ1v) is 5.73. The van der Waals surface area contributed by atoms with Gasteiger partial charge in [0.2, 0.25) is 0 Å². The Labute approximate surface area is 107 Å². The van der Waals surface area contributed by atoms with E-state index in [9.17, 15) is 14.3 Å². The van der Waals surface area contributed by atoms with Gasteiger partial charge in [0.05, 0.1) is 6.61 Å². The van der Waals surface area contributed by atoms with Crippen LogP contribution in [0, 0.1) is 4.64 Å². The highest BCUT2D eigenvalue weighted by atomic mass is 32.1. The summed E-state index contributed by atoms with van der Waals surface area (Å²) in [5.41, 5.74) is -2.82. The van der Waals surface area contributed by atoms with Crippen molar-refractivity contribution in [1.82, 2.24) is 9.55 Å². The Hall–Kier alpha value is -1.09. The number of halogens is 1. The fourth-order valence-electron chi connectivity index (χ4n) is 1.97. The number of aromatic amines is 1. The van der Waals surface area contributed by atoms with Crippen molar-refractivity contribution in [2.75, 3.05) is 6.61 Å². The molecule has 3 N–H and O–H groups in total. The Morgan fingerprint density at radius 1 is 1.72 bits per heavy atom. The highest BCUT2D eigenvalue weighted by Crippen LogP contribution is 2.40. The number of hydrogen-bond donors (Lipinski definition) is 3. The average molecular weight is 276 g/mol. The second-order valence-electron chi connectivity index (χ2n) is 4.32. The van der Waals surface area contributed by atoms with Crippen LogP contribution in [0.1, 0.15) is 13.2 Å². The molecule has 1 aromatic heterocycles. The molecule has 8 heteroatoms. The summed E-state index contributed by atoms with van der Waals surface area (Å²) in [5, 5.41) is 18.7. The molecule has 0 bridgehead atoms. The molecule has 100 valence electrons. The van der Waals surface area contributed by atoms with E-state index in [0.717, 1.165) is 11.5 Å². The van der Waals surface area contributed by atoms with Crippen LogP contribution in [-0.2, 0) is 4.74 Å². The Kier molecular flexibility index (Phi) is 3.37. The van der Waals surface area contributed by atoms with Gasteiger partial charge in [0.1, 0.15) is 16.8 Å². The summed E-state index contributed by atoms with van der Waals surface area (Å²) in [4.78, 5) is 14.0. The van der Waals surface area contributed by atoms with E-state index in [-0.39, 0.29) is 4.64 Å². The number of nitrogens with one attached hydrogen (secondary N) is 1. The fraction of sp³-hybridized carbons (Fsp3) is 0.600. The van der Waals surface area contributed by atoms with Crippen molar-refractivity contribution in [1.29, 1.82) is 0 Å². The van der Waals surface area contributed by atoms with Crippen molar-refractivity contribution in [3.8, 4) is 0 Å². The van der Waals surface area contributed by atoms with Crippen molar-refractivity contribution in [2.45, 2.75) is 31.0 Å². The maximum atomic E-state index is 14.4. The third-order valence-corrected chi connectivity index (χ3v) is 3.24. The van der Waals surface area contributed by atoms with Crippen molar-refractivity contribution in [3.63, 3.8) is 0 Å². The monoisotopic (exact) mass is 276 g/mol. The summed E-state index contributed by atoms with van der Waals surface area (Å²) >= 11 is 4.77. The first kappa shape index (κ1) is 13.3. The van der Waals surface area contributed by atoms with Crippen LogP contribution >= 0.6 is 12.2 Å². The first-order chi connectivity index (χ1) is 8.37. The second kappa shape index (κ2) is 4.54. The fourth-order valence-corrected chi connectivity index (χ4v) is 2.12. The van der Waals surface area contributed by atoms with Crippen LogP contribution in [0.5, 0.6) is 0 Å². The number of alkyl halides is 1. The van der Waals surface area contributed by atoms with Gasteiger partial charge in [0.15, 0.2) is 11.9 Å². The predicted octanol–water partition coefficient (Wildman–Crippen LogP) is -0.115. The van der Waals surface area contributed by atoms with Gasteiger partial charge < -0.3 is 14.9 Å². The normalized spacial score (nSPS) is 35.9. The summed E-state index contributed by atoms with van der Waals surface area (Å²) in [6, 6.07) is 1.41. The van der Waals surface area contributed by atoms with Crippen LogP contribution < -0.4 is 5.69 Å². The Balaban J connectivity index is 2.45. The lowest BCUT2D eigenvalue weighted by Crippen LogP contribution is -2.42. The zero-order chi connectivity index (χ0) is 13.5. The molecule has 0 aromatic carbocycles. The van der Waals surface area contributed by atoms with Crippen LogP contribution in [0.2, 0.25) is 0 Å². The van der Waals surface area contributed by atoms with E-state index in [1.54, 1.807) is 0 Å². The number of aliphatic hydroxyl groups is 2. The molecule has 0 spiro atoms. The molecule has 18 heavy (non-hydrogen) atoms. The van der Waals surface area contributed by atoms with Gasteiger partial charge in [-0.25, -0.2) is 9.18 Å². The summed E-state index contributed by atoms with van der Waals surface area (Å²) in [6.45, 7) is 0.584. The largest absolute Gasteiger partial charge is 0.394 e. The topological polar surface area (TPSA) is 87.5 Å². The average Bonchev–Trinajstić information content (AvgIpc) is 2.52. The zero-order valence-electron chi connectivity index (χ0n) is 9.54. The number of hydrogen-bond acceptors (Lipinski definition) is 5. The molecule has 1 aliphatic rings. The van der Waals surface area contributed by atoms with Gasteiger partial charge in [-0.1, -0.05) is 12.2 Å². The molecular weight excluding hydrogens is 263 g/mol. The Morgan fingerprint density at radius 2 is 2.39 bits per heavy atom. The van der Waals surface area contributed by atoms with Crippen LogP contribution in [0.15, 0.2) is 17.1 Å². The van der Waals surface area contributed by atoms with E-state index in [1.165, 1.54) is 12.3 Å². The lowest BCUT2D eigenvalue weighted by molar-refractivity contribution is -0.0611. The third-order valence-electron chi connectivity index (χ3n) is 3.00. The maximum absolute atomic E-state index is 14.4. The molecule has 1 fully saturated rings. The number of rotatable bonds is 2. The van der Waals surface area contributed by atoms with E-state index < -0.39 is 36.4 Å². The van der Waals surface area contributed by atoms with E-state index in [0.29, 0.717) is 0 Å². The molecule has 0 saturated carbocycles. The smallest absolute Gasteiger partial charge is 0.328 e. The molecule has 2 rings (SSSR count). The molecule has 4 atom stereocenters. The molecule has 6 nitrogen and oxygen atoms in total. The highest BCUT2D eigenvalue weighted by molar-refractivity contribution is 7.71. The van der Waals surface area contributed by atoms with Crippen molar-refractivity contribution < 1.29 is 19.3 Å². The number of H-pyrrole nitrogens is 1. The Bertz CT molecular complexity index is 555. The van der Waals surface area contributed by atoms with Gasteiger partial charge in [-0.3, -0.25) is 9.55 Å². The highest BCUT2D eigenvalue weighted by Gasteiger charge is 2.54. The second-order valence-corrected chi connectivity index (χ2v) is 4.76. The lowest BCUT2D eigenvalue weighted by Gasteiger charge is -2.24. The number of nitrogens with zero attached hydrogens (tertiary/aromatic N) is 1. The minimum atomic E-state index is -2.19.